The Kier molecular flexibility index (Phi) is 4.69. The van der Waals surface area contributed by atoms with Gasteiger partial charge in [0.15, 0.2) is 5.78 Å². The van der Waals surface area contributed by atoms with Crippen molar-refractivity contribution in [3.63, 3.8) is 0 Å². The van der Waals surface area contributed by atoms with Crippen LogP contribution in [-0.4, -0.2) is 11.7 Å². The standard InChI is InChI=1S/C24H25NO2/c1-3-17-10-5-7-12-20(17)25-21-13-8-14-22(26)24(21)19(15-23(25)27)18-11-6-4-9-16(18)2/h4-7,9-12,19H,3,8,13-15H2,1-2H3. The minimum atomic E-state index is -0.119. The van der Waals surface area contributed by atoms with E-state index in [1.807, 2.05) is 35.2 Å². The number of para-hydroxylation sites is 1. The van der Waals surface area contributed by atoms with Gasteiger partial charge in [-0.3, -0.25) is 14.5 Å². The van der Waals surface area contributed by atoms with Gasteiger partial charge in [-0.05, 0) is 48.9 Å². The van der Waals surface area contributed by atoms with Gasteiger partial charge in [0.25, 0.3) is 0 Å². The van der Waals surface area contributed by atoms with Crippen LogP contribution in [0.1, 0.15) is 55.2 Å². The number of carbonyl (C=O) groups excluding carboxylic acids is 2. The van der Waals surface area contributed by atoms with Crippen molar-refractivity contribution in [1.82, 2.24) is 0 Å². The summed E-state index contributed by atoms with van der Waals surface area (Å²) in [4.78, 5) is 28.1. The lowest BCUT2D eigenvalue weighted by molar-refractivity contribution is -0.119. The summed E-state index contributed by atoms with van der Waals surface area (Å²) in [6.07, 6.45) is 3.40. The van der Waals surface area contributed by atoms with E-state index in [2.05, 4.69) is 32.0 Å². The lowest BCUT2D eigenvalue weighted by Gasteiger charge is -2.39. The number of nitrogens with zero attached hydrogens (tertiary/aromatic N) is 1. The van der Waals surface area contributed by atoms with E-state index < -0.39 is 0 Å². The Morgan fingerprint density at radius 2 is 1.74 bits per heavy atom. The molecule has 138 valence electrons. The fraction of sp³-hybridized carbons (Fsp3) is 0.333. The molecule has 2 aromatic carbocycles. The van der Waals surface area contributed by atoms with Crippen LogP contribution in [0.3, 0.4) is 0 Å². The summed E-state index contributed by atoms with van der Waals surface area (Å²) >= 11 is 0. The first-order chi connectivity index (χ1) is 13.1. The molecule has 1 aliphatic heterocycles. The van der Waals surface area contributed by atoms with E-state index in [0.29, 0.717) is 12.8 Å². The van der Waals surface area contributed by atoms with Gasteiger partial charge in [-0.2, -0.15) is 0 Å². The zero-order valence-corrected chi connectivity index (χ0v) is 16.0. The summed E-state index contributed by atoms with van der Waals surface area (Å²) in [5.41, 5.74) is 6.12. The van der Waals surface area contributed by atoms with E-state index in [4.69, 9.17) is 0 Å². The highest BCUT2D eigenvalue weighted by Crippen LogP contribution is 2.44. The van der Waals surface area contributed by atoms with Crippen LogP contribution in [0.15, 0.2) is 59.8 Å². The summed E-state index contributed by atoms with van der Waals surface area (Å²) in [6.45, 7) is 4.16. The molecule has 0 bridgehead atoms. The van der Waals surface area contributed by atoms with Crippen LogP contribution < -0.4 is 4.90 Å². The molecule has 0 radical (unpaired) electrons. The summed E-state index contributed by atoms with van der Waals surface area (Å²) in [5.74, 6) is 0.181. The van der Waals surface area contributed by atoms with Gasteiger partial charge < -0.3 is 0 Å². The van der Waals surface area contributed by atoms with Crippen molar-refractivity contribution in [2.75, 3.05) is 4.90 Å². The second-order valence-electron chi connectivity index (χ2n) is 7.46. The Balaban J connectivity index is 1.90. The summed E-state index contributed by atoms with van der Waals surface area (Å²) in [5, 5.41) is 0. The number of hydrogen-bond acceptors (Lipinski definition) is 2. The van der Waals surface area contributed by atoms with E-state index in [9.17, 15) is 9.59 Å². The smallest absolute Gasteiger partial charge is 0.232 e. The van der Waals surface area contributed by atoms with Crippen molar-refractivity contribution in [3.05, 3.63) is 76.5 Å². The maximum absolute atomic E-state index is 13.3. The Morgan fingerprint density at radius 3 is 2.52 bits per heavy atom. The minimum Gasteiger partial charge on any atom is -0.294 e. The first-order valence-corrected chi connectivity index (χ1v) is 9.84. The summed E-state index contributed by atoms with van der Waals surface area (Å²) in [7, 11) is 0. The fourth-order valence-electron chi connectivity index (χ4n) is 4.54. The topological polar surface area (TPSA) is 37.4 Å². The number of allylic oxidation sites excluding steroid dienone is 2. The third kappa shape index (κ3) is 3.01. The number of rotatable bonds is 3. The van der Waals surface area contributed by atoms with Crippen LogP contribution in [0.25, 0.3) is 0 Å². The number of benzene rings is 2. The molecular weight excluding hydrogens is 334 g/mol. The molecule has 1 amide bonds. The molecule has 3 heteroatoms. The highest BCUT2D eigenvalue weighted by atomic mass is 16.2. The van der Waals surface area contributed by atoms with Crippen LogP contribution in [0, 0.1) is 6.92 Å². The van der Waals surface area contributed by atoms with E-state index in [-0.39, 0.29) is 17.6 Å². The van der Waals surface area contributed by atoms with Crippen LogP contribution in [-0.2, 0) is 16.0 Å². The van der Waals surface area contributed by atoms with Crippen LogP contribution in [0.4, 0.5) is 5.69 Å². The maximum atomic E-state index is 13.3. The zero-order valence-electron chi connectivity index (χ0n) is 16.0. The molecule has 1 unspecified atom stereocenters. The van der Waals surface area contributed by atoms with Gasteiger partial charge in [-0.1, -0.05) is 49.4 Å². The van der Waals surface area contributed by atoms with Gasteiger partial charge in [0, 0.05) is 30.0 Å². The largest absolute Gasteiger partial charge is 0.294 e. The van der Waals surface area contributed by atoms with Crippen molar-refractivity contribution in [1.29, 1.82) is 0 Å². The molecular formula is C24H25NO2. The predicted molar refractivity (Wildman–Crippen MR) is 108 cm³/mol. The molecule has 0 saturated carbocycles. The van der Waals surface area contributed by atoms with Crippen molar-refractivity contribution in [3.8, 4) is 0 Å². The molecule has 27 heavy (non-hydrogen) atoms. The highest BCUT2D eigenvalue weighted by Gasteiger charge is 2.40. The van der Waals surface area contributed by atoms with Gasteiger partial charge in [0.1, 0.15) is 0 Å². The zero-order chi connectivity index (χ0) is 19.0. The van der Waals surface area contributed by atoms with E-state index in [0.717, 1.165) is 52.9 Å². The quantitative estimate of drug-likeness (QED) is 0.766. The number of amides is 1. The molecule has 0 saturated heterocycles. The average molecular weight is 359 g/mol. The predicted octanol–water partition coefficient (Wildman–Crippen LogP) is 5.09. The second kappa shape index (κ2) is 7.15. The van der Waals surface area contributed by atoms with Gasteiger partial charge >= 0.3 is 0 Å². The van der Waals surface area contributed by atoms with Crippen LogP contribution in [0.5, 0.6) is 0 Å². The summed E-state index contributed by atoms with van der Waals surface area (Å²) < 4.78 is 0. The van der Waals surface area contributed by atoms with Crippen LogP contribution in [0.2, 0.25) is 0 Å². The molecule has 2 aromatic rings. The third-order valence-corrected chi connectivity index (χ3v) is 5.85. The number of carbonyl (C=O) groups is 2. The fourth-order valence-corrected chi connectivity index (χ4v) is 4.54. The number of hydrogen-bond donors (Lipinski definition) is 0. The van der Waals surface area contributed by atoms with Gasteiger partial charge in [0.2, 0.25) is 5.91 Å². The van der Waals surface area contributed by atoms with Gasteiger partial charge in [-0.25, -0.2) is 0 Å². The number of anilines is 1. The molecule has 1 heterocycles. The number of ketones is 1. The molecule has 0 N–H and O–H groups in total. The van der Waals surface area contributed by atoms with Gasteiger partial charge in [-0.15, -0.1) is 0 Å². The molecule has 2 aliphatic rings. The molecule has 0 fully saturated rings. The Morgan fingerprint density at radius 1 is 1.00 bits per heavy atom. The molecule has 4 rings (SSSR count). The van der Waals surface area contributed by atoms with E-state index >= 15 is 0 Å². The van der Waals surface area contributed by atoms with Crippen LogP contribution >= 0.6 is 0 Å². The van der Waals surface area contributed by atoms with Gasteiger partial charge in [0.05, 0.1) is 5.69 Å². The molecule has 0 spiro atoms. The molecule has 1 atom stereocenters. The first kappa shape index (κ1) is 17.7. The lowest BCUT2D eigenvalue weighted by Crippen LogP contribution is -2.41. The van der Waals surface area contributed by atoms with E-state index in [1.165, 1.54) is 0 Å². The molecule has 3 nitrogen and oxygen atoms in total. The number of Topliss-reactive ketones (excluding diaryl/α,β-unsaturated/α-hetero) is 1. The van der Waals surface area contributed by atoms with Crippen molar-refractivity contribution in [2.45, 2.75) is 51.9 Å². The highest BCUT2D eigenvalue weighted by molar-refractivity contribution is 6.07. The summed E-state index contributed by atoms with van der Waals surface area (Å²) in [6, 6.07) is 16.2. The normalized spacial score (nSPS) is 20.1. The average Bonchev–Trinajstić information content (AvgIpc) is 2.68. The molecule has 1 aliphatic carbocycles. The monoisotopic (exact) mass is 359 g/mol. The minimum absolute atomic E-state index is 0.0950. The molecule has 0 aromatic heterocycles. The Bertz CT molecular complexity index is 941. The van der Waals surface area contributed by atoms with Crippen molar-refractivity contribution in [2.24, 2.45) is 0 Å². The SMILES string of the molecule is CCc1ccccc1N1C(=O)CC(c2ccccc2C)C2=C1CCCC2=O. The maximum Gasteiger partial charge on any atom is 0.232 e. The van der Waals surface area contributed by atoms with E-state index in [1.54, 1.807) is 0 Å². The second-order valence-corrected chi connectivity index (χ2v) is 7.46. The van der Waals surface area contributed by atoms with Crippen molar-refractivity contribution >= 4 is 17.4 Å². The van der Waals surface area contributed by atoms with Crippen molar-refractivity contribution < 1.29 is 9.59 Å². The lowest BCUT2D eigenvalue weighted by atomic mass is 9.76. The third-order valence-electron chi connectivity index (χ3n) is 5.85. The number of aryl methyl sites for hydroxylation is 2. The Hall–Kier alpha value is -2.68. The Labute approximate surface area is 160 Å². The first-order valence-electron chi connectivity index (χ1n) is 9.84.